The highest BCUT2D eigenvalue weighted by Gasteiger charge is 2.17. The summed E-state index contributed by atoms with van der Waals surface area (Å²) < 4.78 is 1.82. The molecule has 0 aliphatic carbocycles. The Balaban J connectivity index is 1.99. The molecular formula is C20H17N3O. The molecule has 118 valence electrons. The molecule has 4 rings (SSSR count). The van der Waals surface area contributed by atoms with E-state index in [0.717, 1.165) is 27.7 Å². The Morgan fingerprint density at radius 1 is 0.917 bits per heavy atom. The van der Waals surface area contributed by atoms with E-state index in [2.05, 4.69) is 47.6 Å². The van der Waals surface area contributed by atoms with Gasteiger partial charge in [0.15, 0.2) is 0 Å². The predicted molar refractivity (Wildman–Crippen MR) is 95.0 cm³/mol. The van der Waals surface area contributed by atoms with Crippen molar-refractivity contribution in [3.05, 3.63) is 78.0 Å². The number of aliphatic hydroxyl groups excluding tert-OH is 1. The van der Waals surface area contributed by atoms with Gasteiger partial charge in [-0.15, -0.1) is 5.10 Å². The SMILES string of the molecule is Cc1ccc(-c2c(CO)nnn2-c2cccc3ccccc23)cc1. The van der Waals surface area contributed by atoms with Crippen LogP contribution < -0.4 is 0 Å². The van der Waals surface area contributed by atoms with E-state index in [0.29, 0.717) is 5.69 Å². The quantitative estimate of drug-likeness (QED) is 0.624. The maximum atomic E-state index is 9.69. The average Bonchev–Trinajstić information content (AvgIpc) is 3.05. The summed E-state index contributed by atoms with van der Waals surface area (Å²) in [6.45, 7) is 1.91. The Kier molecular flexibility index (Phi) is 3.59. The number of rotatable bonds is 3. The van der Waals surface area contributed by atoms with Crippen LogP contribution in [0.25, 0.3) is 27.7 Å². The van der Waals surface area contributed by atoms with Crippen molar-refractivity contribution in [3.63, 3.8) is 0 Å². The second-order valence-corrected chi connectivity index (χ2v) is 5.82. The van der Waals surface area contributed by atoms with E-state index in [1.54, 1.807) is 0 Å². The third-order valence-corrected chi connectivity index (χ3v) is 4.21. The molecule has 0 aliphatic rings. The fourth-order valence-corrected chi connectivity index (χ4v) is 2.98. The van der Waals surface area contributed by atoms with Crippen LogP contribution in [-0.4, -0.2) is 20.1 Å². The minimum absolute atomic E-state index is 0.145. The largest absolute Gasteiger partial charge is 0.390 e. The van der Waals surface area contributed by atoms with E-state index >= 15 is 0 Å². The molecule has 1 N–H and O–H groups in total. The number of aliphatic hydroxyl groups is 1. The minimum Gasteiger partial charge on any atom is -0.390 e. The molecule has 4 aromatic rings. The van der Waals surface area contributed by atoms with Gasteiger partial charge in [0.1, 0.15) is 11.4 Å². The molecule has 0 saturated heterocycles. The summed E-state index contributed by atoms with van der Waals surface area (Å²) in [6.07, 6.45) is 0. The van der Waals surface area contributed by atoms with Crippen LogP contribution in [0.2, 0.25) is 0 Å². The van der Waals surface area contributed by atoms with Crippen LogP contribution >= 0.6 is 0 Å². The first-order valence-electron chi connectivity index (χ1n) is 7.88. The van der Waals surface area contributed by atoms with Crippen molar-refractivity contribution >= 4 is 10.8 Å². The third kappa shape index (κ3) is 2.37. The van der Waals surface area contributed by atoms with E-state index in [1.807, 2.05) is 41.1 Å². The molecule has 0 unspecified atom stereocenters. The van der Waals surface area contributed by atoms with Crippen molar-refractivity contribution in [1.82, 2.24) is 15.0 Å². The van der Waals surface area contributed by atoms with Crippen molar-refractivity contribution in [1.29, 1.82) is 0 Å². The minimum atomic E-state index is -0.145. The van der Waals surface area contributed by atoms with Gasteiger partial charge in [0, 0.05) is 10.9 Å². The number of fused-ring (bicyclic) bond motifs is 1. The van der Waals surface area contributed by atoms with Gasteiger partial charge < -0.3 is 5.11 Å². The Labute approximate surface area is 140 Å². The molecule has 0 aliphatic heterocycles. The molecule has 0 saturated carbocycles. The summed E-state index contributed by atoms with van der Waals surface area (Å²) in [5.41, 5.74) is 4.53. The molecule has 3 aromatic carbocycles. The van der Waals surface area contributed by atoms with Gasteiger partial charge in [-0.1, -0.05) is 71.4 Å². The Bertz CT molecular complexity index is 998. The fraction of sp³-hybridized carbons (Fsp3) is 0.100. The second-order valence-electron chi connectivity index (χ2n) is 5.82. The highest BCUT2D eigenvalue weighted by atomic mass is 16.3. The molecule has 24 heavy (non-hydrogen) atoms. The van der Waals surface area contributed by atoms with Crippen LogP contribution in [0.3, 0.4) is 0 Å². The number of aromatic nitrogens is 3. The summed E-state index contributed by atoms with van der Waals surface area (Å²) in [5.74, 6) is 0. The highest BCUT2D eigenvalue weighted by molar-refractivity contribution is 5.90. The Hall–Kier alpha value is -2.98. The van der Waals surface area contributed by atoms with Crippen molar-refractivity contribution in [3.8, 4) is 16.9 Å². The standard InChI is InChI=1S/C20H17N3O/c1-14-9-11-16(12-10-14)20-18(13-24)21-22-23(20)19-8-4-6-15-5-2-3-7-17(15)19/h2-12,24H,13H2,1H3. The first-order valence-corrected chi connectivity index (χ1v) is 7.88. The first kappa shape index (κ1) is 14.6. The lowest BCUT2D eigenvalue weighted by Crippen LogP contribution is -2.01. The number of hydrogen-bond donors (Lipinski definition) is 1. The molecule has 0 radical (unpaired) electrons. The maximum absolute atomic E-state index is 9.69. The Morgan fingerprint density at radius 2 is 1.67 bits per heavy atom. The second kappa shape index (κ2) is 5.91. The molecule has 1 aromatic heterocycles. The fourth-order valence-electron chi connectivity index (χ4n) is 2.98. The molecular weight excluding hydrogens is 298 g/mol. The van der Waals surface area contributed by atoms with E-state index in [1.165, 1.54) is 5.56 Å². The van der Waals surface area contributed by atoms with Gasteiger partial charge >= 0.3 is 0 Å². The van der Waals surface area contributed by atoms with Gasteiger partial charge in [-0.25, -0.2) is 4.68 Å². The van der Waals surface area contributed by atoms with Gasteiger partial charge in [0.25, 0.3) is 0 Å². The summed E-state index contributed by atoms with van der Waals surface area (Å²) in [4.78, 5) is 0. The molecule has 0 bridgehead atoms. The molecule has 0 atom stereocenters. The first-order chi connectivity index (χ1) is 11.8. The van der Waals surface area contributed by atoms with Crippen molar-refractivity contribution in [2.45, 2.75) is 13.5 Å². The van der Waals surface area contributed by atoms with Crippen molar-refractivity contribution in [2.24, 2.45) is 0 Å². The molecule has 0 fully saturated rings. The van der Waals surface area contributed by atoms with Crippen LogP contribution in [0.15, 0.2) is 66.7 Å². The zero-order chi connectivity index (χ0) is 16.5. The molecule has 4 heteroatoms. The summed E-state index contributed by atoms with van der Waals surface area (Å²) >= 11 is 0. The van der Waals surface area contributed by atoms with Gasteiger partial charge in [0.05, 0.1) is 12.3 Å². The predicted octanol–water partition coefficient (Wildman–Crippen LogP) is 3.89. The van der Waals surface area contributed by atoms with Crippen LogP contribution in [0.4, 0.5) is 0 Å². The molecule has 4 nitrogen and oxygen atoms in total. The van der Waals surface area contributed by atoms with Crippen LogP contribution in [-0.2, 0) is 6.61 Å². The highest BCUT2D eigenvalue weighted by Crippen LogP contribution is 2.29. The van der Waals surface area contributed by atoms with Gasteiger partial charge in [-0.2, -0.15) is 0 Å². The smallest absolute Gasteiger partial charge is 0.117 e. The average molecular weight is 315 g/mol. The van der Waals surface area contributed by atoms with E-state index in [-0.39, 0.29) is 6.61 Å². The van der Waals surface area contributed by atoms with Gasteiger partial charge in [-0.05, 0) is 18.4 Å². The van der Waals surface area contributed by atoms with Crippen LogP contribution in [0, 0.1) is 6.92 Å². The topological polar surface area (TPSA) is 50.9 Å². The van der Waals surface area contributed by atoms with E-state index in [9.17, 15) is 5.11 Å². The monoisotopic (exact) mass is 315 g/mol. The lowest BCUT2D eigenvalue weighted by atomic mass is 10.1. The zero-order valence-corrected chi connectivity index (χ0v) is 13.3. The number of aryl methyl sites for hydroxylation is 1. The molecule has 0 spiro atoms. The van der Waals surface area contributed by atoms with E-state index in [4.69, 9.17) is 0 Å². The maximum Gasteiger partial charge on any atom is 0.117 e. The lowest BCUT2D eigenvalue weighted by Gasteiger charge is -2.11. The number of hydrogen-bond acceptors (Lipinski definition) is 3. The third-order valence-electron chi connectivity index (χ3n) is 4.21. The summed E-state index contributed by atoms with van der Waals surface area (Å²) in [6, 6.07) is 22.5. The number of nitrogens with zero attached hydrogens (tertiary/aromatic N) is 3. The Morgan fingerprint density at radius 3 is 2.46 bits per heavy atom. The zero-order valence-electron chi connectivity index (χ0n) is 13.3. The normalized spacial score (nSPS) is 11.1. The number of benzene rings is 3. The van der Waals surface area contributed by atoms with Crippen LogP contribution in [0.5, 0.6) is 0 Å². The molecule has 1 heterocycles. The summed E-state index contributed by atoms with van der Waals surface area (Å²) in [7, 11) is 0. The van der Waals surface area contributed by atoms with Crippen molar-refractivity contribution in [2.75, 3.05) is 0 Å². The van der Waals surface area contributed by atoms with Crippen LogP contribution in [0.1, 0.15) is 11.3 Å². The summed E-state index contributed by atoms with van der Waals surface area (Å²) in [5, 5.41) is 20.4. The van der Waals surface area contributed by atoms with Crippen molar-refractivity contribution < 1.29 is 5.11 Å². The van der Waals surface area contributed by atoms with E-state index < -0.39 is 0 Å². The van der Waals surface area contributed by atoms with Gasteiger partial charge in [-0.3, -0.25) is 0 Å². The molecule has 0 amide bonds. The lowest BCUT2D eigenvalue weighted by molar-refractivity contribution is 0.277. The van der Waals surface area contributed by atoms with Gasteiger partial charge in [0.2, 0.25) is 0 Å².